The summed E-state index contributed by atoms with van der Waals surface area (Å²) >= 11 is 0. The van der Waals surface area contributed by atoms with Crippen molar-refractivity contribution < 1.29 is 18.1 Å². The number of rotatable bonds is 3. The van der Waals surface area contributed by atoms with Crippen molar-refractivity contribution in [1.29, 1.82) is 0 Å². The summed E-state index contributed by atoms with van der Waals surface area (Å²) in [4.78, 5) is 11.4. The zero-order valence-corrected chi connectivity index (χ0v) is 10.9. The predicted molar refractivity (Wildman–Crippen MR) is 63.3 cm³/mol. The van der Waals surface area contributed by atoms with E-state index in [-0.39, 0.29) is 5.69 Å². The molecule has 0 fully saturated rings. The van der Waals surface area contributed by atoms with Gasteiger partial charge in [-0.15, -0.1) is 5.12 Å². The third kappa shape index (κ3) is 2.69. The van der Waals surface area contributed by atoms with Crippen LogP contribution in [-0.4, -0.2) is 19.5 Å². The maximum Gasteiger partial charge on any atom is 0.320 e. The van der Waals surface area contributed by atoms with Gasteiger partial charge in [0.1, 0.15) is 8.07 Å². The van der Waals surface area contributed by atoms with Crippen molar-refractivity contribution in [2.45, 2.75) is 25.2 Å². The van der Waals surface area contributed by atoms with Gasteiger partial charge < -0.3 is 0 Å². The van der Waals surface area contributed by atoms with Crippen LogP contribution in [0.15, 0.2) is 30.3 Å². The normalized spacial score (nSPS) is 12.4. The fourth-order valence-corrected chi connectivity index (χ4v) is 1.86. The van der Waals surface area contributed by atoms with E-state index < -0.39 is 24.6 Å². The summed E-state index contributed by atoms with van der Waals surface area (Å²) in [6.45, 7) is 3.97. The number of carbonyl (C=O) groups is 1. The van der Waals surface area contributed by atoms with Crippen LogP contribution in [0.5, 0.6) is 0 Å². The smallest absolute Gasteiger partial charge is 0.265 e. The molecule has 0 saturated heterocycles. The Balaban J connectivity index is 2.99. The summed E-state index contributed by atoms with van der Waals surface area (Å²) in [6.07, 6.45) is 0. The number of benzene rings is 1. The Bertz CT molecular complexity index is 403. The third-order valence-corrected chi connectivity index (χ3v) is 4.47. The third-order valence-electron chi connectivity index (χ3n) is 2.37. The molecule has 1 aromatic rings. The number of para-hydroxylation sites is 1. The summed E-state index contributed by atoms with van der Waals surface area (Å²) in [5, 5.41) is -0.474. The molecule has 0 radical (unpaired) electrons. The molecular weight excluding hydrogens is 247 g/mol. The SMILES string of the molecule is C[Si](C)(C)C(F)(F)C(=O)N(F)c1ccccc1. The average molecular weight is 261 g/mol. The first-order valence-corrected chi connectivity index (χ1v) is 8.61. The molecule has 1 rings (SSSR count). The molecule has 17 heavy (non-hydrogen) atoms. The largest absolute Gasteiger partial charge is 0.320 e. The van der Waals surface area contributed by atoms with Gasteiger partial charge in [0, 0.05) is 0 Å². The van der Waals surface area contributed by atoms with Crippen LogP contribution in [0.4, 0.5) is 18.9 Å². The zero-order valence-electron chi connectivity index (χ0n) is 9.88. The second-order valence-electron chi connectivity index (χ2n) is 4.75. The Morgan fingerprint density at radius 1 is 1.18 bits per heavy atom. The van der Waals surface area contributed by atoms with E-state index in [1.165, 1.54) is 43.9 Å². The minimum absolute atomic E-state index is 0.185. The van der Waals surface area contributed by atoms with Crippen LogP contribution in [-0.2, 0) is 4.79 Å². The first-order valence-electron chi connectivity index (χ1n) is 5.11. The molecule has 0 unspecified atom stereocenters. The van der Waals surface area contributed by atoms with Crippen molar-refractivity contribution in [3.63, 3.8) is 0 Å². The summed E-state index contributed by atoms with van der Waals surface area (Å²) in [7, 11) is -3.11. The number of hydrogen-bond donors (Lipinski definition) is 0. The van der Waals surface area contributed by atoms with Gasteiger partial charge in [-0.1, -0.05) is 42.3 Å². The second kappa shape index (κ2) is 4.52. The first kappa shape index (κ1) is 13.8. The van der Waals surface area contributed by atoms with Crippen LogP contribution < -0.4 is 5.12 Å². The molecule has 0 N–H and O–H groups in total. The molecule has 0 bridgehead atoms. The molecule has 0 saturated carbocycles. The number of anilines is 1. The topological polar surface area (TPSA) is 20.3 Å². The summed E-state index contributed by atoms with van der Waals surface area (Å²) in [5.41, 5.74) is -3.81. The molecular formula is C11H14F3NOSi. The van der Waals surface area contributed by atoms with Gasteiger partial charge in [-0.25, -0.2) is 8.78 Å². The van der Waals surface area contributed by atoms with Gasteiger partial charge in [0.25, 0.3) is 0 Å². The molecule has 0 aliphatic rings. The van der Waals surface area contributed by atoms with Gasteiger partial charge in [0.2, 0.25) is 0 Å². The highest BCUT2D eigenvalue weighted by atomic mass is 28.3. The van der Waals surface area contributed by atoms with E-state index in [0.717, 1.165) is 0 Å². The minimum Gasteiger partial charge on any atom is -0.265 e. The Morgan fingerprint density at radius 3 is 2.06 bits per heavy atom. The molecule has 0 atom stereocenters. The van der Waals surface area contributed by atoms with Crippen LogP contribution in [0.1, 0.15) is 0 Å². The van der Waals surface area contributed by atoms with Crippen LogP contribution in [0, 0.1) is 0 Å². The minimum atomic E-state index is -3.63. The molecule has 1 amide bonds. The standard InChI is InChI=1S/C11H14F3NOSi/c1-17(2,3)11(12,13)10(16)15(14)9-7-5-4-6-8-9/h4-8H,1-3H3. The van der Waals surface area contributed by atoms with E-state index in [1.807, 2.05) is 0 Å². The molecule has 0 heterocycles. The lowest BCUT2D eigenvalue weighted by molar-refractivity contribution is -0.136. The van der Waals surface area contributed by atoms with Crippen molar-refractivity contribution in [2.24, 2.45) is 0 Å². The van der Waals surface area contributed by atoms with Gasteiger partial charge in [-0.2, -0.15) is 0 Å². The van der Waals surface area contributed by atoms with Crippen molar-refractivity contribution in [2.75, 3.05) is 5.12 Å². The fourth-order valence-electron chi connectivity index (χ4n) is 1.12. The van der Waals surface area contributed by atoms with Crippen LogP contribution in [0.3, 0.4) is 0 Å². The van der Waals surface area contributed by atoms with Crippen LogP contribution >= 0.6 is 0 Å². The number of amides is 1. The van der Waals surface area contributed by atoms with E-state index in [2.05, 4.69) is 0 Å². The van der Waals surface area contributed by atoms with Gasteiger partial charge in [0.15, 0.2) is 0 Å². The lowest BCUT2D eigenvalue weighted by Gasteiger charge is -2.28. The monoisotopic (exact) mass is 261 g/mol. The second-order valence-corrected chi connectivity index (χ2v) is 9.87. The van der Waals surface area contributed by atoms with E-state index in [0.29, 0.717) is 0 Å². The number of hydrogen-bond acceptors (Lipinski definition) is 1. The highest BCUT2D eigenvalue weighted by Gasteiger charge is 2.54. The Kier molecular flexibility index (Phi) is 3.66. The van der Waals surface area contributed by atoms with Gasteiger partial charge >= 0.3 is 11.5 Å². The number of nitrogens with zero attached hydrogens (tertiary/aromatic N) is 1. The maximum absolute atomic E-state index is 13.7. The van der Waals surface area contributed by atoms with Crippen molar-refractivity contribution in [3.05, 3.63) is 30.3 Å². The quantitative estimate of drug-likeness (QED) is 0.603. The van der Waals surface area contributed by atoms with Crippen molar-refractivity contribution in [3.8, 4) is 0 Å². The predicted octanol–water partition coefficient (Wildman–Crippen LogP) is 3.42. The molecule has 1 aromatic carbocycles. The van der Waals surface area contributed by atoms with E-state index in [1.54, 1.807) is 6.07 Å². The van der Waals surface area contributed by atoms with Gasteiger partial charge in [-0.05, 0) is 12.1 Å². The van der Waals surface area contributed by atoms with Crippen molar-refractivity contribution in [1.82, 2.24) is 0 Å². The summed E-state index contributed by atoms with van der Waals surface area (Å²) < 4.78 is 41.0. The molecule has 0 aliphatic heterocycles. The Hall–Kier alpha value is -1.30. The fraction of sp³-hybridized carbons (Fsp3) is 0.364. The molecule has 94 valence electrons. The zero-order chi connectivity index (χ0) is 13.3. The highest BCUT2D eigenvalue weighted by Crippen LogP contribution is 2.31. The van der Waals surface area contributed by atoms with E-state index in [9.17, 15) is 18.1 Å². The highest BCUT2D eigenvalue weighted by molar-refractivity contribution is 6.81. The van der Waals surface area contributed by atoms with Crippen molar-refractivity contribution >= 4 is 19.7 Å². The number of halogens is 3. The van der Waals surface area contributed by atoms with E-state index >= 15 is 0 Å². The molecule has 0 aliphatic carbocycles. The molecule has 2 nitrogen and oxygen atoms in total. The number of carbonyl (C=O) groups excluding carboxylic acids is 1. The van der Waals surface area contributed by atoms with Gasteiger partial charge in [0.05, 0.1) is 5.69 Å². The van der Waals surface area contributed by atoms with E-state index in [4.69, 9.17) is 0 Å². The first-order chi connectivity index (χ1) is 7.68. The Morgan fingerprint density at radius 2 is 1.65 bits per heavy atom. The van der Waals surface area contributed by atoms with Gasteiger partial charge in [-0.3, -0.25) is 4.79 Å². The summed E-state index contributed by atoms with van der Waals surface area (Å²) in [5.74, 6) is -1.79. The van der Waals surface area contributed by atoms with Crippen LogP contribution in [0.25, 0.3) is 0 Å². The molecule has 0 spiro atoms. The maximum atomic E-state index is 13.7. The lowest BCUT2D eigenvalue weighted by Crippen LogP contribution is -2.55. The lowest BCUT2D eigenvalue weighted by atomic mass is 10.3. The number of alkyl halides is 2. The average Bonchev–Trinajstić information content (AvgIpc) is 2.26. The van der Waals surface area contributed by atoms with Crippen LogP contribution in [0.2, 0.25) is 19.6 Å². The summed E-state index contributed by atoms with van der Waals surface area (Å²) in [6, 6.07) is 7.08. The molecule has 6 heteroatoms. The Labute approximate surface area is 99.0 Å². The molecule has 0 aromatic heterocycles.